The molecule has 3 rings (SSSR count). The van der Waals surface area contributed by atoms with Crippen molar-refractivity contribution in [2.24, 2.45) is 21.7 Å². The Balaban J connectivity index is 2.14. The first kappa shape index (κ1) is 12.2. The third-order valence-corrected chi connectivity index (χ3v) is 5.85. The summed E-state index contributed by atoms with van der Waals surface area (Å²) in [5, 5.41) is 9.42. The van der Waals surface area contributed by atoms with E-state index in [9.17, 15) is 9.90 Å². The summed E-state index contributed by atoms with van der Waals surface area (Å²) in [5.41, 5.74) is 0.00621. The van der Waals surface area contributed by atoms with E-state index in [0.29, 0.717) is 5.92 Å². The molecule has 0 unspecified atom stereocenters. The molecule has 0 aromatic rings. The van der Waals surface area contributed by atoms with Crippen molar-refractivity contribution in [1.29, 1.82) is 0 Å². The number of aliphatic hydroxyl groups excluding tert-OH is 1. The van der Waals surface area contributed by atoms with Crippen LogP contribution >= 0.6 is 0 Å². The van der Waals surface area contributed by atoms with E-state index < -0.39 is 5.54 Å². The van der Waals surface area contributed by atoms with Gasteiger partial charge in [0.25, 0.3) is 0 Å². The van der Waals surface area contributed by atoms with Gasteiger partial charge >= 0.3 is 5.97 Å². The average molecular weight is 251 g/mol. The predicted molar refractivity (Wildman–Crippen MR) is 67.4 cm³/mol. The number of aliphatic imine (C=N–C) groups is 1. The first-order valence-corrected chi connectivity index (χ1v) is 6.68. The maximum absolute atomic E-state index is 12.0. The highest BCUT2D eigenvalue weighted by atomic mass is 16.6. The van der Waals surface area contributed by atoms with Crippen molar-refractivity contribution in [3.05, 3.63) is 0 Å². The molecule has 4 atom stereocenters. The molecular formula is C14H21NO3. The fourth-order valence-electron chi connectivity index (χ4n) is 4.01. The lowest BCUT2D eigenvalue weighted by Gasteiger charge is -2.38. The third kappa shape index (κ3) is 1.11. The number of hydrogen-bond donors (Lipinski definition) is 1. The Bertz CT molecular complexity index is 456. The Labute approximate surface area is 107 Å². The van der Waals surface area contributed by atoms with Crippen LogP contribution in [0.3, 0.4) is 0 Å². The van der Waals surface area contributed by atoms with E-state index in [0.717, 1.165) is 18.6 Å². The maximum atomic E-state index is 12.0. The van der Waals surface area contributed by atoms with Gasteiger partial charge in [0.05, 0.1) is 12.3 Å². The molecule has 0 amide bonds. The summed E-state index contributed by atoms with van der Waals surface area (Å²) >= 11 is 0. The normalized spacial score (nSPS) is 48.7. The second kappa shape index (κ2) is 3.16. The van der Waals surface area contributed by atoms with Gasteiger partial charge in [-0.2, -0.15) is 0 Å². The number of aliphatic hydroxyl groups is 1. The third-order valence-electron chi connectivity index (χ3n) is 5.85. The predicted octanol–water partition coefficient (Wildman–Crippen LogP) is 1.56. The van der Waals surface area contributed by atoms with Crippen molar-refractivity contribution in [2.45, 2.75) is 52.2 Å². The van der Waals surface area contributed by atoms with Crippen molar-refractivity contribution in [2.75, 3.05) is 6.61 Å². The van der Waals surface area contributed by atoms with Gasteiger partial charge in [-0.15, -0.1) is 0 Å². The lowest BCUT2D eigenvalue weighted by atomic mass is 9.70. The molecule has 0 saturated heterocycles. The van der Waals surface area contributed by atoms with Gasteiger partial charge < -0.3 is 9.84 Å². The van der Waals surface area contributed by atoms with E-state index in [-0.39, 0.29) is 29.5 Å². The fraction of sp³-hybridized carbons (Fsp3) is 0.857. The van der Waals surface area contributed by atoms with Crippen molar-refractivity contribution < 1.29 is 14.6 Å². The summed E-state index contributed by atoms with van der Waals surface area (Å²) in [4.78, 5) is 16.6. The van der Waals surface area contributed by atoms with Crippen LogP contribution in [0.4, 0.5) is 0 Å². The summed E-state index contributed by atoms with van der Waals surface area (Å²) in [7, 11) is 0. The number of carbonyl (C=O) groups excluding carboxylic acids is 1. The Morgan fingerprint density at radius 1 is 1.39 bits per heavy atom. The molecule has 4 heteroatoms. The van der Waals surface area contributed by atoms with Crippen LogP contribution < -0.4 is 0 Å². The molecule has 0 aromatic carbocycles. The number of carbonyl (C=O) groups is 1. The fourth-order valence-corrected chi connectivity index (χ4v) is 4.01. The number of esters is 1. The molecule has 100 valence electrons. The van der Waals surface area contributed by atoms with Gasteiger partial charge in [-0.3, -0.25) is 4.99 Å². The topological polar surface area (TPSA) is 58.9 Å². The van der Waals surface area contributed by atoms with Gasteiger partial charge in [0, 0.05) is 11.3 Å². The van der Waals surface area contributed by atoms with Crippen LogP contribution in [0.2, 0.25) is 0 Å². The second-order valence-corrected chi connectivity index (χ2v) is 6.95. The second-order valence-electron chi connectivity index (χ2n) is 6.95. The summed E-state index contributed by atoms with van der Waals surface area (Å²) in [6.45, 7) is 8.08. The van der Waals surface area contributed by atoms with Crippen molar-refractivity contribution in [3.63, 3.8) is 0 Å². The van der Waals surface area contributed by atoms with Crippen LogP contribution in [-0.4, -0.2) is 35.0 Å². The SMILES string of the molecule is CC1(C)[C@@H]2CC[C@@]1(C)C1=N[C@@](C)(CO)C(=O)O[C@@H]12. The van der Waals surface area contributed by atoms with E-state index in [2.05, 4.69) is 25.8 Å². The van der Waals surface area contributed by atoms with Crippen molar-refractivity contribution >= 4 is 11.7 Å². The van der Waals surface area contributed by atoms with E-state index in [1.807, 2.05) is 0 Å². The molecule has 1 heterocycles. The zero-order valence-electron chi connectivity index (χ0n) is 11.5. The number of ether oxygens (including phenoxy) is 1. The van der Waals surface area contributed by atoms with Crippen LogP contribution in [0.5, 0.6) is 0 Å². The Hall–Kier alpha value is -0.900. The smallest absolute Gasteiger partial charge is 0.336 e. The highest BCUT2D eigenvalue weighted by molar-refractivity contribution is 6.04. The van der Waals surface area contributed by atoms with Crippen molar-refractivity contribution in [3.8, 4) is 0 Å². The van der Waals surface area contributed by atoms with Gasteiger partial charge in [0.2, 0.25) is 0 Å². The van der Waals surface area contributed by atoms with Gasteiger partial charge in [0.15, 0.2) is 5.54 Å². The molecule has 1 aliphatic heterocycles. The molecule has 2 aliphatic carbocycles. The molecule has 2 fully saturated rings. The van der Waals surface area contributed by atoms with E-state index in [1.54, 1.807) is 6.92 Å². The summed E-state index contributed by atoms with van der Waals surface area (Å²) in [6, 6.07) is 0. The first-order chi connectivity index (χ1) is 8.26. The minimum absolute atomic E-state index is 0.000532. The van der Waals surface area contributed by atoms with E-state index in [1.165, 1.54) is 0 Å². The molecule has 18 heavy (non-hydrogen) atoms. The summed E-state index contributed by atoms with van der Waals surface area (Å²) in [5.74, 6) is -0.0147. The zero-order valence-corrected chi connectivity index (χ0v) is 11.5. The molecule has 2 saturated carbocycles. The molecular weight excluding hydrogens is 230 g/mol. The minimum Gasteiger partial charge on any atom is -0.454 e. The van der Waals surface area contributed by atoms with E-state index in [4.69, 9.17) is 4.74 Å². The quantitative estimate of drug-likeness (QED) is 0.719. The largest absolute Gasteiger partial charge is 0.454 e. The Morgan fingerprint density at radius 3 is 2.67 bits per heavy atom. The van der Waals surface area contributed by atoms with Crippen LogP contribution in [0.25, 0.3) is 0 Å². The average Bonchev–Trinajstić information content (AvgIpc) is 2.62. The van der Waals surface area contributed by atoms with E-state index >= 15 is 0 Å². The Kier molecular flexibility index (Phi) is 2.13. The van der Waals surface area contributed by atoms with Gasteiger partial charge in [-0.1, -0.05) is 20.8 Å². The van der Waals surface area contributed by atoms with Gasteiger partial charge in [-0.05, 0) is 25.2 Å². The molecule has 2 bridgehead atoms. The minimum atomic E-state index is -1.10. The maximum Gasteiger partial charge on any atom is 0.336 e. The van der Waals surface area contributed by atoms with Crippen LogP contribution in [-0.2, 0) is 9.53 Å². The molecule has 3 aliphatic rings. The highest BCUT2D eigenvalue weighted by Crippen LogP contribution is 2.65. The van der Waals surface area contributed by atoms with Gasteiger partial charge in [-0.25, -0.2) is 4.79 Å². The monoisotopic (exact) mass is 251 g/mol. The number of rotatable bonds is 1. The molecule has 1 N–H and O–H groups in total. The van der Waals surface area contributed by atoms with Crippen LogP contribution in [0.15, 0.2) is 4.99 Å². The molecule has 0 spiro atoms. The first-order valence-electron chi connectivity index (χ1n) is 6.68. The van der Waals surface area contributed by atoms with Gasteiger partial charge in [0.1, 0.15) is 6.10 Å². The highest BCUT2D eigenvalue weighted by Gasteiger charge is 2.68. The molecule has 4 nitrogen and oxygen atoms in total. The number of fused-ring (bicyclic) bond motifs is 5. The summed E-state index contributed by atoms with van der Waals surface area (Å²) < 4.78 is 5.62. The Morgan fingerprint density at radius 2 is 2.06 bits per heavy atom. The standard InChI is InChI=1S/C14H21NO3/c1-12(2)8-5-6-13(12,3)10-9(8)18-11(17)14(4,7-16)15-10/h8-9,16H,5-7H2,1-4H3/t8-,9-,13+,14+/m1/s1. The summed E-state index contributed by atoms with van der Waals surface area (Å²) in [6.07, 6.45) is 2.03. The lowest BCUT2D eigenvalue weighted by Crippen LogP contribution is -2.51. The zero-order chi connectivity index (χ0) is 13.3. The lowest BCUT2D eigenvalue weighted by molar-refractivity contribution is -0.157. The van der Waals surface area contributed by atoms with Crippen LogP contribution in [0, 0.1) is 16.7 Å². The molecule has 0 radical (unpaired) electrons. The van der Waals surface area contributed by atoms with Crippen molar-refractivity contribution in [1.82, 2.24) is 0 Å². The number of nitrogens with zero attached hydrogens (tertiary/aromatic N) is 1. The van der Waals surface area contributed by atoms with Crippen LogP contribution in [0.1, 0.15) is 40.5 Å². The molecule has 0 aromatic heterocycles. The number of hydrogen-bond acceptors (Lipinski definition) is 4.